The van der Waals surface area contributed by atoms with Crippen molar-refractivity contribution in [2.75, 3.05) is 4.90 Å². The van der Waals surface area contributed by atoms with Crippen molar-refractivity contribution >= 4 is 28.9 Å². The van der Waals surface area contributed by atoms with E-state index < -0.39 is 12.0 Å². The van der Waals surface area contributed by atoms with E-state index in [1.165, 1.54) is 11.3 Å². The van der Waals surface area contributed by atoms with Crippen LogP contribution in [0.3, 0.4) is 0 Å². The molecule has 3 aromatic rings. The highest BCUT2D eigenvalue weighted by molar-refractivity contribution is 7.10. The summed E-state index contributed by atoms with van der Waals surface area (Å²) >= 11 is 1.53. The fourth-order valence-corrected chi connectivity index (χ4v) is 4.55. The number of benzene rings is 1. The topological polar surface area (TPSA) is 85.5 Å². The zero-order chi connectivity index (χ0) is 21.1. The molecule has 1 amide bonds. The van der Waals surface area contributed by atoms with Crippen LogP contribution in [0.25, 0.3) is 0 Å². The number of thiophene rings is 1. The molecule has 1 fully saturated rings. The summed E-state index contributed by atoms with van der Waals surface area (Å²) < 4.78 is 10.6. The van der Waals surface area contributed by atoms with Crippen LogP contribution in [0.1, 0.15) is 48.0 Å². The molecule has 0 spiro atoms. The van der Waals surface area contributed by atoms with Crippen LogP contribution in [0.4, 0.5) is 5.69 Å². The van der Waals surface area contributed by atoms with E-state index in [-0.39, 0.29) is 30.8 Å². The Morgan fingerprint density at radius 1 is 1.30 bits per heavy atom. The average molecular weight is 426 g/mol. The predicted molar refractivity (Wildman–Crippen MR) is 112 cm³/mol. The summed E-state index contributed by atoms with van der Waals surface area (Å²) in [6, 6.07) is 11.3. The summed E-state index contributed by atoms with van der Waals surface area (Å²) in [5, 5.41) is 5.77. The summed E-state index contributed by atoms with van der Waals surface area (Å²) in [6.45, 7) is 3.85. The van der Waals surface area contributed by atoms with Crippen LogP contribution in [0, 0.1) is 12.8 Å². The molecule has 1 aliphatic heterocycles. The van der Waals surface area contributed by atoms with Gasteiger partial charge in [0.25, 0.3) is 5.89 Å². The second-order valence-corrected chi connectivity index (χ2v) is 8.25. The second-order valence-electron chi connectivity index (χ2n) is 7.27. The number of hydrogen-bond acceptors (Lipinski definition) is 7. The summed E-state index contributed by atoms with van der Waals surface area (Å²) in [4.78, 5) is 32.8. The number of esters is 1. The summed E-state index contributed by atoms with van der Waals surface area (Å²) in [6.07, 6.45) is 1.37. The largest absolute Gasteiger partial charge is 0.455 e. The van der Waals surface area contributed by atoms with Crippen molar-refractivity contribution in [1.29, 1.82) is 0 Å². The molecule has 8 heteroatoms. The number of aromatic nitrogens is 2. The number of aryl methyl sites for hydroxylation is 2. The molecule has 0 N–H and O–H groups in total. The van der Waals surface area contributed by atoms with Crippen molar-refractivity contribution in [3.63, 3.8) is 0 Å². The first kappa shape index (κ1) is 20.3. The quantitative estimate of drug-likeness (QED) is 0.550. The van der Waals surface area contributed by atoms with Crippen molar-refractivity contribution in [1.82, 2.24) is 10.1 Å². The van der Waals surface area contributed by atoms with Gasteiger partial charge in [0, 0.05) is 23.4 Å². The predicted octanol–water partition coefficient (Wildman–Crippen LogP) is 4.23. The molecule has 2 unspecified atom stereocenters. The van der Waals surface area contributed by atoms with Crippen LogP contribution in [-0.2, 0) is 27.4 Å². The van der Waals surface area contributed by atoms with Crippen molar-refractivity contribution in [2.45, 2.75) is 45.8 Å². The number of hydrogen-bond donors (Lipinski definition) is 0. The molecular formula is C22H23N3O4S. The molecule has 7 nitrogen and oxygen atoms in total. The van der Waals surface area contributed by atoms with Crippen LogP contribution < -0.4 is 4.90 Å². The molecule has 0 aliphatic carbocycles. The van der Waals surface area contributed by atoms with Gasteiger partial charge in [-0.2, -0.15) is 4.98 Å². The molecule has 2 aromatic heterocycles. The third-order valence-electron chi connectivity index (χ3n) is 5.21. The molecule has 30 heavy (non-hydrogen) atoms. The van der Waals surface area contributed by atoms with E-state index in [0.717, 1.165) is 16.1 Å². The Hall–Kier alpha value is -3.00. The third kappa shape index (κ3) is 4.14. The van der Waals surface area contributed by atoms with E-state index in [2.05, 4.69) is 10.1 Å². The van der Waals surface area contributed by atoms with E-state index >= 15 is 0 Å². The Morgan fingerprint density at radius 2 is 2.10 bits per heavy atom. The molecule has 4 rings (SSSR count). The first-order chi connectivity index (χ1) is 14.6. The Kier molecular flexibility index (Phi) is 5.94. The summed E-state index contributed by atoms with van der Waals surface area (Å²) in [5.41, 5.74) is 1.89. The maximum Gasteiger partial charge on any atom is 0.311 e. The lowest BCUT2D eigenvalue weighted by atomic mass is 9.87. The minimum Gasteiger partial charge on any atom is -0.455 e. The zero-order valence-corrected chi connectivity index (χ0v) is 17.7. The SMILES string of the molecule is CCc1noc(COC(=O)C2CCC(=O)N(c3ccc(C)cc3)C2c2cccs2)n1. The van der Waals surface area contributed by atoms with E-state index in [0.29, 0.717) is 18.7 Å². The molecule has 1 aromatic carbocycles. The van der Waals surface area contributed by atoms with Crippen LogP contribution >= 0.6 is 11.3 Å². The molecule has 0 saturated carbocycles. The molecule has 2 atom stereocenters. The number of amides is 1. The van der Waals surface area contributed by atoms with Crippen molar-refractivity contribution in [3.05, 3.63) is 63.9 Å². The van der Waals surface area contributed by atoms with Gasteiger partial charge in [-0.1, -0.05) is 35.8 Å². The molecule has 1 aliphatic rings. The second kappa shape index (κ2) is 8.79. The maximum absolute atomic E-state index is 13.0. The fourth-order valence-electron chi connectivity index (χ4n) is 3.67. The van der Waals surface area contributed by atoms with Gasteiger partial charge >= 0.3 is 5.97 Å². The number of carbonyl (C=O) groups excluding carboxylic acids is 2. The van der Waals surface area contributed by atoms with E-state index in [4.69, 9.17) is 9.26 Å². The highest BCUT2D eigenvalue weighted by Gasteiger charge is 2.43. The highest BCUT2D eigenvalue weighted by atomic mass is 32.1. The molecule has 3 heterocycles. The van der Waals surface area contributed by atoms with Crippen LogP contribution in [0.5, 0.6) is 0 Å². The Bertz CT molecular complexity index is 1010. The average Bonchev–Trinajstić information content (AvgIpc) is 3.44. The number of carbonyl (C=O) groups is 2. The first-order valence-electron chi connectivity index (χ1n) is 9.97. The van der Waals surface area contributed by atoms with Gasteiger partial charge < -0.3 is 14.2 Å². The number of nitrogens with zero attached hydrogens (tertiary/aromatic N) is 3. The van der Waals surface area contributed by atoms with Gasteiger partial charge in [0.15, 0.2) is 12.4 Å². The molecule has 1 saturated heterocycles. The van der Waals surface area contributed by atoms with Crippen molar-refractivity contribution in [3.8, 4) is 0 Å². The van der Waals surface area contributed by atoms with Gasteiger partial charge in [-0.05, 0) is 36.9 Å². The van der Waals surface area contributed by atoms with E-state index in [1.807, 2.05) is 55.6 Å². The van der Waals surface area contributed by atoms with Crippen LogP contribution in [0.2, 0.25) is 0 Å². The van der Waals surface area contributed by atoms with Gasteiger partial charge in [0.05, 0.1) is 12.0 Å². The van der Waals surface area contributed by atoms with Crippen LogP contribution in [0.15, 0.2) is 46.3 Å². The third-order valence-corrected chi connectivity index (χ3v) is 6.15. The number of ether oxygens (including phenoxy) is 1. The van der Waals surface area contributed by atoms with E-state index in [9.17, 15) is 9.59 Å². The van der Waals surface area contributed by atoms with Gasteiger partial charge in [-0.15, -0.1) is 11.3 Å². The zero-order valence-electron chi connectivity index (χ0n) is 16.9. The molecule has 0 bridgehead atoms. The minimum absolute atomic E-state index is 0.00536. The maximum atomic E-state index is 13.0. The van der Waals surface area contributed by atoms with Crippen molar-refractivity contribution < 1.29 is 18.8 Å². The molecule has 0 radical (unpaired) electrons. The lowest BCUT2D eigenvalue weighted by molar-refractivity contribution is -0.153. The highest BCUT2D eigenvalue weighted by Crippen LogP contribution is 2.42. The van der Waals surface area contributed by atoms with Gasteiger partial charge in [0.1, 0.15) is 0 Å². The monoisotopic (exact) mass is 425 g/mol. The van der Waals surface area contributed by atoms with Gasteiger partial charge in [0.2, 0.25) is 5.91 Å². The summed E-state index contributed by atoms with van der Waals surface area (Å²) in [7, 11) is 0. The lowest BCUT2D eigenvalue weighted by Gasteiger charge is -2.39. The normalized spacial score (nSPS) is 19.1. The fraction of sp³-hybridized carbons (Fsp3) is 0.364. The lowest BCUT2D eigenvalue weighted by Crippen LogP contribution is -2.45. The van der Waals surface area contributed by atoms with Crippen molar-refractivity contribution in [2.24, 2.45) is 5.92 Å². The molecular weight excluding hydrogens is 402 g/mol. The van der Waals surface area contributed by atoms with Crippen LogP contribution in [-0.4, -0.2) is 22.0 Å². The van der Waals surface area contributed by atoms with E-state index in [1.54, 1.807) is 4.90 Å². The standard InChI is InChI=1S/C22H23N3O4S/c1-3-18-23-19(29-24-18)13-28-22(27)16-10-11-20(26)25(15-8-6-14(2)7-9-15)21(16)17-5-4-12-30-17/h4-9,12,16,21H,3,10-11,13H2,1-2H3. The number of piperidine rings is 1. The Labute approximate surface area is 178 Å². The minimum atomic E-state index is -0.476. The first-order valence-corrected chi connectivity index (χ1v) is 10.8. The molecule has 156 valence electrons. The van der Waals surface area contributed by atoms with Gasteiger partial charge in [-0.25, -0.2) is 0 Å². The van der Waals surface area contributed by atoms with Gasteiger partial charge in [-0.3, -0.25) is 9.59 Å². The summed E-state index contributed by atoms with van der Waals surface area (Å²) in [5.74, 6) is 0.0118. The smallest absolute Gasteiger partial charge is 0.311 e. The Morgan fingerprint density at radius 3 is 2.77 bits per heavy atom. The Balaban J connectivity index is 1.59. The number of rotatable bonds is 6. The number of anilines is 1.